The fraction of sp³-hybridized carbons (Fsp3) is 0.429. The van der Waals surface area contributed by atoms with E-state index in [0.29, 0.717) is 11.7 Å². The van der Waals surface area contributed by atoms with Crippen LogP contribution in [0.2, 0.25) is 5.15 Å². The van der Waals surface area contributed by atoms with Crippen LogP contribution in [0.3, 0.4) is 0 Å². The summed E-state index contributed by atoms with van der Waals surface area (Å²) in [6.07, 6.45) is 1.66. The van der Waals surface area contributed by atoms with E-state index >= 15 is 0 Å². The molecule has 0 aliphatic carbocycles. The number of hydrogen-bond acceptors (Lipinski definition) is 2. The van der Waals surface area contributed by atoms with Crippen LogP contribution in [0.25, 0.3) is 0 Å². The van der Waals surface area contributed by atoms with E-state index in [9.17, 15) is 4.79 Å². The summed E-state index contributed by atoms with van der Waals surface area (Å²) in [4.78, 5) is 11.0. The van der Waals surface area contributed by atoms with Crippen molar-refractivity contribution < 1.29 is 4.79 Å². The smallest absolute Gasteiger partial charge is 0.241 e. The van der Waals surface area contributed by atoms with Crippen molar-refractivity contribution in [3.05, 3.63) is 17.4 Å². The highest BCUT2D eigenvalue weighted by Crippen LogP contribution is 2.01. The largest absolute Gasteiger partial charge is 0.355 e. The van der Waals surface area contributed by atoms with E-state index in [4.69, 9.17) is 11.6 Å². The Morgan fingerprint density at radius 1 is 1.83 bits per heavy atom. The average Bonchev–Trinajstić information content (AvgIpc) is 2.36. The highest BCUT2D eigenvalue weighted by Gasteiger charge is 2.01. The molecule has 5 heteroatoms. The van der Waals surface area contributed by atoms with Gasteiger partial charge in [0.2, 0.25) is 5.91 Å². The molecule has 1 amide bonds. The highest BCUT2D eigenvalue weighted by molar-refractivity contribution is 6.29. The lowest BCUT2D eigenvalue weighted by Crippen LogP contribution is -2.27. The van der Waals surface area contributed by atoms with E-state index in [1.54, 1.807) is 12.3 Å². The van der Waals surface area contributed by atoms with Crippen molar-refractivity contribution in [3.8, 4) is 0 Å². The second-order valence-electron chi connectivity index (χ2n) is 2.29. The van der Waals surface area contributed by atoms with Crippen LogP contribution in [0.5, 0.6) is 0 Å². The van der Waals surface area contributed by atoms with E-state index in [-0.39, 0.29) is 12.5 Å². The normalized spacial score (nSPS) is 9.83. The summed E-state index contributed by atoms with van der Waals surface area (Å²) in [5, 5.41) is 6.92. The minimum atomic E-state index is -0.0581. The Kier molecular flexibility index (Phi) is 3.10. The summed E-state index contributed by atoms with van der Waals surface area (Å²) in [5.41, 5.74) is 0. The SMILES string of the molecule is CCNC(=O)Cn1ccc(Cl)n1. The predicted molar refractivity (Wildman–Crippen MR) is 45.9 cm³/mol. The number of aromatic nitrogens is 2. The van der Waals surface area contributed by atoms with Crippen LogP contribution in [0, 0.1) is 0 Å². The molecule has 0 fully saturated rings. The van der Waals surface area contributed by atoms with Gasteiger partial charge in [0.05, 0.1) is 0 Å². The lowest BCUT2D eigenvalue weighted by molar-refractivity contribution is -0.121. The van der Waals surface area contributed by atoms with Crippen molar-refractivity contribution >= 4 is 17.5 Å². The van der Waals surface area contributed by atoms with Crippen LogP contribution in [0.4, 0.5) is 0 Å². The number of rotatable bonds is 3. The van der Waals surface area contributed by atoms with Gasteiger partial charge in [-0.05, 0) is 13.0 Å². The van der Waals surface area contributed by atoms with Gasteiger partial charge in [-0.1, -0.05) is 11.6 Å². The second-order valence-corrected chi connectivity index (χ2v) is 2.68. The molecule has 1 aromatic heterocycles. The fourth-order valence-electron chi connectivity index (χ4n) is 0.825. The zero-order chi connectivity index (χ0) is 8.97. The highest BCUT2D eigenvalue weighted by atomic mass is 35.5. The molecule has 0 atom stereocenters. The first kappa shape index (κ1) is 9.06. The first-order valence-electron chi connectivity index (χ1n) is 3.68. The van der Waals surface area contributed by atoms with Gasteiger partial charge in [0.15, 0.2) is 5.15 Å². The first-order valence-corrected chi connectivity index (χ1v) is 4.06. The van der Waals surface area contributed by atoms with Crippen LogP contribution in [-0.2, 0) is 11.3 Å². The number of hydrogen-bond donors (Lipinski definition) is 1. The Balaban J connectivity index is 2.46. The summed E-state index contributed by atoms with van der Waals surface area (Å²) >= 11 is 5.56. The number of carbonyl (C=O) groups excluding carboxylic acids is 1. The molecule has 0 saturated heterocycles. The van der Waals surface area contributed by atoms with Crippen LogP contribution in [0.15, 0.2) is 12.3 Å². The van der Waals surface area contributed by atoms with Gasteiger partial charge in [-0.15, -0.1) is 0 Å². The summed E-state index contributed by atoms with van der Waals surface area (Å²) in [6, 6.07) is 1.64. The number of likely N-dealkylation sites (N-methyl/N-ethyl adjacent to an activating group) is 1. The van der Waals surface area contributed by atoms with Crippen molar-refractivity contribution in [2.75, 3.05) is 6.54 Å². The Bertz CT molecular complexity index is 271. The topological polar surface area (TPSA) is 46.9 Å². The number of nitrogens with one attached hydrogen (secondary N) is 1. The van der Waals surface area contributed by atoms with E-state index in [1.807, 2.05) is 6.92 Å². The minimum Gasteiger partial charge on any atom is -0.355 e. The van der Waals surface area contributed by atoms with Crippen molar-refractivity contribution in [1.82, 2.24) is 15.1 Å². The third-order valence-electron chi connectivity index (χ3n) is 1.29. The lowest BCUT2D eigenvalue weighted by atomic mass is 10.5. The number of nitrogens with zero attached hydrogens (tertiary/aromatic N) is 2. The molecule has 0 bridgehead atoms. The number of amides is 1. The fourth-order valence-corrected chi connectivity index (χ4v) is 0.979. The maximum atomic E-state index is 11.0. The molecule has 1 N–H and O–H groups in total. The van der Waals surface area contributed by atoms with E-state index in [2.05, 4.69) is 10.4 Å². The van der Waals surface area contributed by atoms with Crippen molar-refractivity contribution in [2.45, 2.75) is 13.5 Å². The molecule has 66 valence electrons. The third-order valence-corrected chi connectivity index (χ3v) is 1.49. The Hall–Kier alpha value is -1.03. The molecule has 0 aromatic carbocycles. The van der Waals surface area contributed by atoms with Crippen molar-refractivity contribution in [1.29, 1.82) is 0 Å². The molecule has 0 aliphatic rings. The maximum absolute atomic E-state index is 11.0. The molecule has 12 heavy (non-hydrogen) atoms. The van der Waals surface area contributed by atoms with Gasteiger partial charge in [-0.3, -0.25) is 9.48 Å². The molecule has 1 rings (SSSR count). The van der Waals surface area contributed by atoms with Crippen LogP contribution >= 0.6 is 11.6 Å². The molecular weight excluding hydrogens is 178 g/mol. The number of carbonyl (C=O) groups is 1. The molecule has 1 heterocycles. The Morgan fingerprint density at radius 3 is 3.08 bits per heavy atom. The molecule has 0 aliphatic heterocycles. The van der Waals surface area contributed by atoms with Gasteiger partial charge < -0.3 is 5.32 Å². The zero-order valence-corrected chi connectivity index (χ0v) is 7.51. The van der Waals surface area contributed by atoms with Crippen molar-refractivity contribution in [3.63, 3.8) is 0 Å². The maximum Gasteiger partial charge on any atom is 0.241 e. The van der Waals surface area contributed by atoms with Gasteiger partial charge >= 0.3 is 0 Å². The molecule has 0 saturated carbocycles. The van der Waals surface area contributed by atoms with Gasteiger partial charge in [-0.2, -0.15) is 5.10 Å². The zero-order valence-electron chi connectivity index (χ0n) is 6.75. The molecule has 0 unspecified atom stereocenters. The van der Waals surface area contributed by atoms with Crippen LogP contribution < -0.4 is 5.32 Å². The lowest BCUT2D eigenvalue weighted by Gasteiger charge is -2.00. The predicted octanol–water partition coefficient (Wildman–Crippen LogP) is 0.673. The summed E-state index contributed by atoms with van der Waals surface area (Å²) < 4.78 is 1.49. The quantitative estimate of drug-likeness (QED) is 0.756. The first-order chi connectivity index (χ1) is 5.72. The summed E-state index contributed by atoms with van der Waals surface area (Å²) in [7, 11) is 0. The minimum absolute atomic E-state index is 0.0581. The van der Waals surface area contributed by atoms with E-state index in [1.165, 1.54) is 4.68 Å². The summed E-state index contributed by atoms with van der Waals surface area (Å²) in [5.74, 6) is -0.0581. The van der Waals surface area contributed by atoms with Gasteiger partial charge in [-0.25, -0.2) is 0 Å². The molecule has 0 radical (unpaired) electrons. The van der Waals surface area contributed by atoms with Gasteiger partial charge in [0.25, 0.3) is 0 Å². The summed E-state index contributed by atoms with van der Waals surface area (Å²) in [6.45, 7) is 2.72. The van der Waals surface area contributed by atoms with E-state index < -0.39 is 0 Å². The molecule has 0 spiro atoms. The van der Waals surface area contributed by atoms with Crippen LogP contribution in [0.1, 0.15) is 6.92 Å². The van der Waals surface area contributed by atoms with Crippen LogP contribution in [-0.4, -0.2) is 22.2 Å². The van der Waals surface area contributed by atoms with Gasteiger partial charge in [0, 0.05) is 12.7 Å². The molecule has 1 aromatic rings. The monoisotopic (exact) mass is 187 g/mol. The Morgan fingerprint density at radius 2 is 2.58 bits per heavy atom. The van der Waals surface area contributed by atoms with Gasteiger partial charge in [0.1, 0.15) is 6.54 Å². The third kappa shape index (κ3) is 2.54. The number of halogens is 1. The molecular formula is C7H10ClN3O. The molecule has 4 nitrogen and oxygen atoms in total. The Labute approximate surface area is 75.5 Å². The average molecular weight is 188 g/mol. The van der Waals surface area contributed by atoms with E-state index in [0.717, 1.165) is 0 Å². The second kappa shape index (κ2) is 4.11. The van der Waals surface area contributed by atoms with Crippen molar-refractivity contribution in [2.24, 2.45) is 0 Å². The standard InChI is InChI=1S/C7H10ClN3O/c1-2-9-7(12)5-11-4-3-6(8)10-11/h3-4H,2,5H2,1H3,(H,9,12).